The van der Waals surface area contributed by atoms with Crippen LogP contribution in [0, 0.1) is 11.8 Å². The first-order valence-electron chi connectivity index (χ1n) is 11.3. The van der Waals surface area contributed by atoms with E-state index in [0.29, 0.717) is 54.1 Å². The maximum absolute atomic E-state index is 13.7. The molecule has 1 aromatic heterocycles. The van der Waals surface area contributed by atoms with Crippen LogP contribution in [0.5, 0.6) is 0 Å². The molecule has 2 aromatic rings. The van der Waals surface area contributed by atoms with Gasteiger partial charge in [0, 0.05) is 13.1 Å². The van der Waals surface area contributed by atoms with Crippen LogP contribution in [0.4, 0.5) is 0 Å². The molecule has 1 aromatic carbocycles. The van der Waals surface area contributed by atoms with Crippen LogP contribution in [-0.4, -0.2) is 46.3 Å². The number of halogens is 2. The van der Waals surface area contributed by atoms with E-state index in [2.05, 4.69) is 13.8 Å². The second-order valence-corrected chi connectivity index (χ2v) is 9.39. The number of carbonyl (C=O) groups excluding carboxylic acids is 2. The summed E-state index contributed by atoms with van der Waals surface area (Å²) < 4.78 is 7.01. The molecule has 0 saturated carbocycles. The molecule has 3 rings (SSSR count). The highest BCUT2D eigenvalue weighted by molar-refractivity contribution is 6.42. The Labute approximate surface area is 199 Å². The largest absolute Gasteiger partial charge is 0.466 e. The highest BCUT2D eigenvalue weighted by atomic mass is 35.5. The molecule has 0 radical (unpaired) electrons. The molecule has 32 heavy (non-hydrogen) atoms. The van der Waals surface area contributed by atoms with Crippen LogP contribution in [0.2, 0.25) is 10.0 Å². The molecule has 0 aliphatic carbocycles. The Bertz CT molecular complexity index is 987. The van der Waals surface area contributed by atoms with Gasteiger partial charge in [-0.1, -0.05) is 44.0 Å². The van der Waals surface area contributed by atoms with Crippen molar-refractivity contribution in [2.75, 3.05) is 19.7 Å². The minimum atomic E-state index is -0.281. The summed E-state index contributed by atoms with van der Waals surface area (Å²) in [5.74, 6) is -0.249. The Morgan fingerprint density at radius 2 is 1.97 bits per heavy atom. The highest BCUT2D eigenvalue weighted by Gasteiger charge is 2.33. The summed E-state index contributed by atoms with van der Waals surface area (Å²) in [6.07, 6.45) is 2.82. The van der Waals surface area contributed by atoms with Gasteiger partial charge in [-0.25, -0.2) is 4.68 Å². The minimum absolute atomic E-state index is 0.0715. The Morgan fingerprint density at radius 3 is 2.59 bits per heavy atom. The lowest BCUT2D eigenvalue weighted by molar-refractivity contribution is -0.149. The van der Waals surface area contributed by atoms with Crippen LogP contribution in [0.1, 0.15) is 62.3 Å². The summed E-state index contributed by atoms with van der Waals surface area (Å²) >= 11 is 12.4. The van der Waals surface area contributed by atoms with E-state index in [4.69, 9.17) is 33.0 Å². The maximum atomic E-state index is 13.7. The van der Waals surface area contributed by atoms with Crippen molar-refractivity contribution < 1.29 is 14.3 Å². The number of likely N-dealkylation sites (tertiary alicyclic amines) is 1. The third kappa shape index (κ3) is 5.29. The van der Waals surface area contributed by atoms with Crippen LogP contribution in [0.15, 0.2) is 18.2 Å². The van der Waals surface area contributed by atoms with E-state index in [0.717, 1.165) is 29.9 Å². The van der Waals surface area contributed by atoms with E-state index in [1.165, 1.54) is 0 Å². The Kier molecular flexibility index (Phi) is 8.23. The van der Waals surface area contributed by atoms with E-state index in [1.807, 2.05) is 13.0 Å². The average Bonchev–Trinajstić information content (AvgIpc) is 3.12. The highest BCUT2D eigenvalue weighted by Crippen LogP contribution is 2.29. The lowest BCUT2D eigenvalue weighted by atomic mass is 9.96. The van der Waals surface area contributed by atoms with Gasteiger partial charge in [-0.2, -0.15) is 5.10 Å². The molecule has 0 bridgehead atoms. The normalized spacial score (nSPS) is 16.5. The van der Waals surface area contributed by atoms with Gasteiger partial charge in [-0.05, 0) is 56.7 Å². The number of piperidine rings is 1. The molecule has 1 fully saturated rings. The van der Waals surface area contributed by atoms with E-state index in [1.54, 1.807) is 28.6 Å². The zero-order valence-corrected chi connectivity index (χ0v) is 20.7. The fourth-order valence-electron chi connectivity index (χ4n) is 4.21. The molecule has 174 valence electrons. The average molecular weight is 480 g/mol. The number of carbonyl (C=O) groups is 2. The molecule has 0 unspecified atom stereocenters. The first-order valence-corrected chi connectivity index (χ1v) is 12.0. The number of hydrogen-bond donors (Lipinski definition) is 0. The number of amides is 1. The quantitative estimate of drug-likeness (QED) is 0.501. The number of hydrogen-bond acceptors (Lipinski definition) is 4. The molecule has 1 atom stereocenters. The molecule has 2 heterocycles. The van der Waals surface area contributed by atoms with Crippen LogP contribution in [0.3, 0.4) is 0 Å². The van der Waals surface area contributed by atoms with E-state index in [-0.39, 0.29) is 17.8 Å². The summed E-state index contributed by atoms with van der Waals surface area (Å²) in [6.45, 7) is 9.37. The fraction of sp³-hybridized carbons (Fsp3) is 0.542. The summed E-state index contributed by atoms with van der Waals surface area (Å²) in [6, 6.07) is 5.35. The molecular formula is C24H31Cl2N3O3. The van der Waals surface area contributed by atoms with Crippen molar-refractivity contribution in [3.63, 3.8) is 0 Å². The third-order valence-electron chi connectivity index (χ3n) is 5.68. The van der Waals surface area contributed by atoms with Crippen LogP contribution in [0.25, 0.3) is 5.69 Å². The molecule has 1 amide bonds. The Balaban J connectivity index is 2.01. The Hall–Kier alpha value is -2.05. The van der Waals surface area contributed by atoms with Crippen LogP contribution < -0.4 is 0 Å². The van der Waals surface area contributed by atoms with Crippen molar-refractivity contribution in [1.29, 1.82) is 0 Å². The SMILES string of the molecule is CCOC(=O)[C@H]1CCCN(C(=O)c2c(CC(C)C)nn(-c3ccc(Cl)c(Cl)c3)c2CC)C1. The monoisotopic (exact) mass is 479 g/mol. The van der Waals surface area contributed by atoms with Crippen molar-refractivity contribution in [2.24, 2.45) is 11.8 Å². The lowest BCUT2D eigenvalue weighted by Gasteiger charge is -2.31. The minimum Gasteiger partial charge on any atom is -0.466 e. The van der Waals surface area contributed by atoms with Gasteiger partial charge in [0.15, 0.2) is 0 Å². The molecule has 6 nitrogen and oxygen atoms in total. The van der Waals surface area contributed by atoms with Gasteiger partial charge in [0.1, 0.15) is 0 Å². The summed E-state index contributed by atoms with van der Waals surface area (Å²) in [7, 11) is 0. The zero-order chi connectivity index (χ0) is 23.4. The standard InChI is InChI=1S/C24H31Cl2N3O3/c1-5-21-22(23(30)28-11-7-8-16(14-28)24(31)32-6-2)20(12-15(3)4)27-29(21)17-9-10-18(25)19(26)13-17/h9-10,13,15-16H,5-8,11-12,14H2,1-4H3/t16-/m0/s1. The number of nitrogens with zero attached hydrogens (tertiary/aromatic N) is 3. The third-order valence-corrected chi connectivity index (χ3v) is 6.42. The van der Waals surface area contributed by atoms with Crippen molar-refractivity contribution in [1.82, 2.24) is 14.7 Å². The number of esters is 1. The van der Waals surface area contributed by atoms with E-state index in [9.17, 15) is 9.59 Å². The smallest absolute Gasteiger partial charge is 0.310 e. The van der Waals surface area contributed by atoms with Crippen molar-refractivity contribution in [2.45, 2.75) is 53.4 Å². The molecule has 8 heteroatoms. The second kappa shape index (κ2) is 10.7. The van der Waals surface area contributed by atoms with Crippen LogP contribution >= 0.6 is 23.2 Å². The van der Waals surface area contributed by atoms with Gasteiger partial charge < -0.3 is 9.64 Å². The van der Waals surface area contributed by atoms with Gasteiger partial charge in [0.25, 0.3) is 5.91 Å². The molecular weight excluding hydrogens is 449 g/mol. The molecule has 1 saturated heterocycles. The number of benzene rings is 1. The molecule has 0 spiro atoms. The molecule has 1 aliphatic heterocycles. The van der Waals surface area contributed by atoms with Gasteiger partial charge >= 0.3 is 5.97 Å². The summed E-state index contributed by atoms with van der Waals surface area (Å²) in [5.41, 5.74) is 3.01. The maximum Gasteiger partial charge on any atom is 0.310 e. The predicted molar refractivity (Wildman–Crippen MR) is 127 cm³/mol. The topological polar surface area (TPSA) is 64.4 Å². The van der Waals surface area contributed by atoms with Crippen molar-refractivity contribution in [3.05, 3.63) is 45.2 Å². The first-order chi connectivity index (χ1) is 15.3. The van der Waals surface area contributed by atoms with Crippen molar-refractivity contribution in [3.8, 4) is 5.69 Å². The molecule has 1 aliphatic rings. The molecule has 0 N–H and O–H groups in total. The van der Waals surface area contributed by atoms with Gasteiger partial charge in [-0.3, -0.25) is 9.59 Å². The summed E-state index contributed by atoms with van der Waals surface area (Å²) in [4.78, 5) is 27.8. The summed E-state index contributed by atoms with van der Waals surface area (Å²) in [5, 5.41) is 5.75. The number of aromatic nitrogens is 2. The fourth-order valence-corrected chi connectivity index (χ4v) is 4.50. The zero-order valence-electron chi connectivity index (χ0n) is 19.2. The number of ether oxygens (including phenoxy) is 1. The second-order valence-electron chi connectivity index (χ2n) is 8.57. The van der Waals surface area contributed by atoms with Gasteiger partial charge in [0.05, 0.1) is 45.2 Å². The number of rotatable bonds is 7. The van der Waals surface area contributed by atoms with Gasteiger partial charge in [-0.15, -0.1) is 0 Å². The van der Waals surface area contributed by atoms with Crippen LogP contribution in [-0.2, 0) is 22.4 Å². The lowest BCUT2D eigenvalue weighted by Crippen LogP contribution is -2.43. The van der Waals surface area contributed by atoms with E-state index >= 15 is 0 Å². The predicted octanol–water partition coefficient (Wildman–Crippen LogP) is 5.36. The Morgan fingerprint density at radius 1 is 1.22 bits per heavy atom. The van der Waals surface area contributed by atoms with E-state index < -0.39 is 0 Å². The first kappa shape index (κ1) is 24.6. The van der Waals surface area contributed by atoms with Gasteiger partial charge in [0.2, 0.25) is 0 Å². The van der Waals surface area contributed by atoms with Crippen molar-refractivity contribution >= 4 is 35.1 Å².